The molecule has 0 fully saturated rings. The molecule has 4 N–H and O–H groups in total. The first-order valence-corrected chi connectivity index (χ1v) is 36.7. The van der Waals surface area contributed by atoms with Crippen LogP contribution in [0.25, 0.3) is 12.2 Å². The summed E-state index contributed by atoms with van der Waals surface area (Å²) in [6.45, 7) is 48.3. The van der Waals surface area contributed by atoms with E-state index in [1.807, 2.05) is 0 Å². The van der Waals surface area contributed by atoms with Crippen molar-refractivity contribution >= 4 is 69.1 Å². The SMILES string of the molecule is CC1=C(C)C(Cl)([Si](C)(CC(C)(C)C)C2(Cl)C(CC[SiH](C)C)=Cc3ccccc32)C(C)=C1C.CC1=C(C)C([Si](C)(CC(C)(C)C)C2C(CC[SiH](C)C)=Cc3ccccc32)C(C)=C1C.O.O.[Zr]. The molecular weight excluding hydrogens is 979 g/mol. The molecule has 0 heterocycles. The van der Waals surface area contributed by atoms with E-state index in [0.717, 1.165) is 12.5 Å². The summed E-state index contributed by atoms with van der Waals surface area (Å²) in [6.07, 6.45) is 7.41. The van der Waals surface area contributed by atoms with E-state index >= 15 is 0 Å². The van der Waals surface area contributed by atoms with Crippen LogP contribution in [-0.4, -0.2) is 49.2 Å². The van der Waals surface area contributed by atoms with Crippen molar-refractivity contribution in [2.24, 2.45) is 10.8 Å². The molecule has 4 aliphatic carbocycles. The molecule has 0 saturated carbocycles. The minimum Gasteiger partial charge on any atom is -0.412 e. The molecule has 6 rings (SSSR count). The minimum absolute atomic E-state index is 0. The number of hydrogen-bond acceptors (Lipinski definition) is 0. The van der Waals surface area contributed by atoms with Gasteiger partial charge < -0.3 is 11.0 Å². The normalized spacial score (nSPS) is 22.4. The van der Waals surface area contributed by atoms with Crippen molar-refractivity contribution in [2.75, 3.05) is 0 Å². The average molecular weight is 1070 g/mol. The van der Waals surface area contributed by atoms with Crippen molar-refractivity contribution in [1.29, 1.82) is 0 Å². The summed E-state index contributed by atoms with van der Waals surface area (Å²) >= 11 is 16.1. The van der Waals surface area contributed by atoms with E-state index in [2.05, 4.69) is 197 Å². The number of allylic oxidation sites excluding steroid dienone is 10. The summed E-state index contributed by atoms with van der Waals surface area (Å²) in [6, 6.07) is 23.3. The zero-order valence-corrected chi connectivity index (χ0v) is 52.9. The van der Waals surface area contributed by atoms with Gasteiger partial charge in [0, 0.05) is 49.3 Å². The zero-order chi connectivity index (χ0) is 46.7. The first kappa shape index (κ1) is 60.3. The van der Waals surface area contributed by atoms with Gasteiger partial charge in [-0.15, -0.1) is 23.2 Å². The molecule has 0 aliphatic heterocycles. The topological polar surface area (TPSA) is 63.0 Å². The third kappa shape index (κ3) is 11.2. The molecule has 65 heavy (non-hydrogen) atoms. The summed E-state index contributed by atoms with van der Waals surface area (Å²) < 4.78 is -0.989. The fourth-order valence-corrected chi connectivity index (χ4v) is 31.3. The third-order valence-corrected chi connectivity index (χ3v) is 34.7. The van der Waals surface area contributed by atoms with Crippen LogP contribution in [0.15, 0.2) is 104 Å². The standard InChI is InChI=1S/C28H42Cl2Si2.C28H44Si2.2H2O.Zr/c1-19-20(2)22(4)27(29,21(19)3)32(10,18-26(5,6)7)28(30)24(15-16-31(8)9)17-23-13-11-12-14-25(23)28;1-19-20(2)22(4)26(21(19)3)30(10,18-28(5,6)7)27-24(15-16-29(8)9)17-23-13-11-12-14-25(23)27;;;/h11-14,17,31H,15-16,18H2,1-10H3;11-14,17,26-27,29H,15-16,18H2,1-10H3;2*1H2;. The van der Waals surface area contributed by atoms with Gasteiger partial charge in [-0.1, -0.05) is 176 Å². The molecule has 4 atom stereocenters. The molecule has 9 heteroatoms. The summed E-state index contributed by atoms with van der Waals surface area (Å²) in [5.74, 6) is 0. The largest absolute Gasteiger partial charge is 0.412 e. The number of rotatable bonds is 12. The van der Waals surface area contributed by atoms with E-state index < -0.39 is 42.7 Å². The second kappa shape index (κ2) is 22.0. The molecule has 0 aromatic heterocycles. The van der Waals surface area contributed by atoms with Crippen LogP contribution in [0.2, 0.25) is 69.0 Å². The van der Waals surface area contributed by atoms with E-state index in [1.165, 1.54) is 69.1 Å². The van der Waals surface area contributed by atoms with Crippen LogP contribution in [0.3, 0.4) is 0 Å². The molecule has 0 spiro atoms. The summed E-state index contributed by atoms with van der Waals surface area (Å²) in [5, 5.41) is 0. The molecule has 2 nitrogen and oxygen atoms in total. The molecular formula is C56H90Cl2O2Si4Zr. The second-order valence-electron chi connectivity index (χ2n) is 24.1. The van der Waals surface area contributed by atoms with E-state index in [0.29, 0.717) is 16.5 Å². The molecule has 2 aromatic carbocycles. The number of hydrogen-bond donors (Lipinski definition) is 0. The maximum Gasteiger partial charge on any atom is 0.120 e. The van der Waals surface area contributed by atoms with Crippen molar-refractivity contribution in [2.45, 2.75) is 193 Å². The maximum absolute atomic E-state index is 8.14. The van der Waals surface area contributed by atoms with Crippen molar-refractivity contribution in [1.82, 2.24) is 0 Å². The van der Waals surface area contributed by atoms with E-state index in [4.69, 9.17) is 23.2 Å². The fraction of sp³-hybridized carbons (Fsp3) is 0.571. The van der Waals surface area contributed by atoms with Gasteiger partial charge >= 0.3 is 0 Å². The van der Waals surface area contributed by atoms with Crippen LogP contribution >= 0.6 is 23.2 Å². The van der Waals surface area contributed by atoms with Gasteiger partial charge in [0.1, 0.15) is 8.07 Å². The van der Waals surface area contributed by atoms with Crippen molar-refractivity contribution in [3.05, 3.63) is 127 Å². The number of alkyl halides is 2. The van der Waals surface area contributed by atoms with Crippen LogP contribution in [0.5, 0.6) is 0 Å². The Morgan fingerprint density at radius 1 is 0.569 bits per heavy atom. The van der Waals surface area contributed by atoms with Crippen molar-refractivity contribution in [3.8, 4) is 0 Å². The maximum atomic E-state index is 8.14. The number of halogens is 2. The Bertz CT molecular complexity index is 2200. The summed E-state index contributed by atoms with van der Waals surface area (Å²) in [5.41, 5.74) is 22.6. The first-order valence-electron chi connectivity index (χ1n) is 24.2. The van der Waals surface area contributed by atoms with Crippen LogP contribution in [0.4, 0.5) is 0 Å². The van der Waals surface area contributed by atoms with Crippen LogP contribution in [0, 0.1) is 10.8 Å². The third-order valence-electron chi connectivity index (χ3n) is 16.1. The second-order valence-corrected chi connectivity index (χ2v) is 41.6. The van der Waals surface area contributed by atoms with Crippen LogP contribution in [0.1, 0.15) is 138 Å². The monoisotopic (exact) mass is 1070 g/mol. The molecule has 0 saturated heterocycles. The van der Waals surface area contributed by atoms with Gasteiger partial charge in [0.15, 0.2) is 0 Å². The summed E-state index contributed by atoms with van der Waals surface area (Å²) in [4.78, 5) is 0. The molecule has 0 bridgehead atoms. The van der Waals surface area contributed by atoms with Crippen LogP contribution < -0.4 is 0 Å². The molecule has 2 aromatic rings. The van der Waals surface area contributed by atoms with Crippen molar-refractivity contribution in [3.63, 3.8) is 0 Å². The van der Waals surface area contributed by atoms with Gasteiger partial charge in [-0.25, -0.2) is 0 Å². The minimum atomic E-state index is -2.50. The van der Waals surface area contributed by atoms with Gasteiger partial charge in [0.25, 0.3) is 0 Å². The quantitative estimate of drug-likeness (QED) is 0.150. The van der Waals surface area contributed by atoms with Crippen LogP contribution in [-0.2, 0) is 30.7 Å². The van der Waals surface area contributed by atoms with E-state index in [1.54, 1.807) is 33.4 Å². The van der Waals surface area contributed by atoms with Gasteiger partial charge in [0.05, 0.1) is 17.1 Å². The Balaban J connectivity index is 0.000000428. The average Bonchev–Trinajstić information content (AvgIpc) is 3.81. The van der Waals surface area contributed by atoms with E-state index in [-0.39, 0.29) is 42.6 Å². The Labute approximate surface area is 433 Å². The molecule has 4 unspecified atom stereocenters. The molecule has 4 aliphatic rings. The molecule has 0 amide bonds. The van der Waals surface area contributed by atoms with E-state index in [9.17, 15) is 0 Å². The zero-order valence-electron chi connectivity index (χ0n) is 44.6. The molecule has 360 valence electrons. The Hall–Kier alpha value is -0.869. The van der Waals surface area contributed by atoms with Gasteiger partial charge in [0.2, 0.25) is 0 Å². The predicted molar refractivity (Wildman–Crippen MR) is 301 cm³/mol. The van der Waals surface area contributed by atoms with Gasteiger partial charge in [-0.2, -0.15) is 0 Å². The summed E-state index contributed by atoms with van der Waals surface area (Å²) in [7, 11) is -5.55. The first-order chi connectivity index (χ1) is 28.5. The number of fused-ring (bicyclic) bond motifs is 2. The van der Waals surface area contributed by atoms with Crippen molar-refractivity contribution < 1.29 is 37.2 Å². The Morgan fingerprint density at radius 3 is 1.49 bits per heavy atom. The predicted octanol–water partition coefficient (Wildman–Crippen LogP) is 16.4. The Kier molecular flexibility index (Phi) is 20.4. The Morgan fingerprint density at radius 2 is 1.02 bits per heavy atom. The fourth-order valence-electron chi connectivity index (χ4n) is 13.2. The number of benzene rings is 2. The van der Waals surface area contributed by atoms with Gasteiger partial charge in [-0.05, 0) is 152 Å². The van der Waals surface area contributed by atoms with Gasteiger partial charge in [-0.3, -0.25) is 0 Å². The smallest absolute Gasteiger partial charge is 0.120 e. The molecule has 0 radical (unpaired) electrons.